The van der Waals surface area contributed by atoms with E-state index in [9.17, 15) is 9.59 Å². The third-order valence-electron chi connectivity index (χ3n) is 8.79. The fraction of sp³-hybridized carbons (Fsp3) is 0.818. The molecule has 1 saturated heterocycles. The minimum atomic E-state index is -0.807. The Bertz CT molecular complexity index is 786. The molecule has 5 unspecified atom stereocenters. The Morgan fingerprint density at radius 2 is 1.93 bits per heavy atom. The highest BCUT2D eigenvalue weighted by molar-refractivity contribution is 6.04. The van der Waals surface area contributed by atoms with E-state index in [1.807, 2.05) is 20.8 Å². The maximum Gasteiger partial charge on any atom is 0.307 e. The van der Waals surface area contributed by atoms with Gasteiger partial charge < -0.3 is 14.2 Å². The molecule has 1 spiro atoms. The molecule has 0 N–H and O–H groups in total. The van der Waals surface area contributed by atoms with Gasteiger partial charge in [0.1, 0.15) is 11.7 Å². The summed E-state index contributed by atoms with van der Waals surface area (Å²) in [7, 11) is 0. The minimum absolute atomic E-state index is 0.0602. The van der Waals surface area contributed by atoms with Gasteiger partial charge in [0.2, 0.25) is 0 Å². The lowest BCUT2D eigenvalue weighted by Gasteiger charge is -2.63. The molecule has 5 rings (SSSR count). The normalized spacial score (nSPS) is 52.4. The van der Waals surface area contributed by atoms with Gasteiger partial charge in [0.25, 0.3) is 0 Å². The van der Waals surface area contributed by atoms with Crippen LogP contribution in [0.25, 0.3) is 0 Å². The highest BCUT2D eigenvalue weighted by Gasteiger charge is 2.97. The maximum atomic E-state index is 12.9. The summed E-state index contributed by atoms with van der Waals surface area (Å²) in [5.74, 6) is 0.402. The van der Waals surface area contributed by atoms with Gasteiger partial charge in [-0.15, -0.1) is 0 Å². The lowest BCUT2D eigenvalue weighted by Crippen LogP contribution is -2.75. The van der Waals surface area contributed by atoms with Crippen LogP contribution >= 0.6 is 0 Å². The quantitative estimate of drug-likeness (QED) is 0.707. The molecule has 7 atom stereocenters. The number of hydrogen-bond acceptors (Lipinski definition) is 5. The molecule has 0 aromatic heterocycles. The Morgan fingerprint density at radius 1 is 1.19 bits per heavy atom. The fourth-order valence-electron chi connectivity index (χ4n) is 8.02. The summed E-state index contributed by atoms with van der Waals surface area (Å²) in [6.07, 6.45) is 2.46. The first-order valence-corrected chi connectivity index (χ1v) is 10.5. The van der Waals surface area contributed by atoms with Crippen LogP contribution in [0.3, 0.4) is 0 Å². The maximum absolute atomic E-state index is 12.9. The molecule has 3 saturated carbocycles. The third kappa shape index (κ3) is 1.53. The van der Waals surface area contributed by atoms with E-state index in [2.05, 4.69) is 13.8 Å². The van der Waals surface area contributed by atoms with Gasteiger partial charge in [-0.25, -0.2) is 0 Å². The molecule has 27 heavy (non-hydrogen) atoms. The number of esters is 1. The largest absolute Gasteiger partial charge is 0.452 e. The molecule has 5 aliphatic rings. The molecule has 2 bridgehead atoms. The Balaban J connectivity index is 1.81. The van der Waals surface area contributed by atoms with E-state index >= 15 is 0 Å². The number of fused-ring (bicyclic) bond motifs is 1. The molecule has 0 aromatic carbocycles. The average molecular weight is 374 g/mol. The van der Waals surface area contributed by atoms with Gasteiger partial charge in [-0.3, -0.25) is 9.59 Å². The van der Waals surface area contributed by atoms with Crippen LogP contribution in [-0.4, -0.2) is 42.3 Å². The molecule has 1 heterocycles. The van der Waals surface area contributed by atoms with E-state index in [4.69, 9.17) is 14.2 Å². The number of carbonyl (C=O) groups excluding carboxylic acids is 2. The van der Waals surface area contributed by atoms with Crippen molar-refractivity contribution < 1.29 is 23.8 Å². The van der Waals surface area contributed by atoms with Gasteiger partial charge in [0, 0.05) is 36.4 Å². The van der Waals surface area contributed by atoms with Crippen molar-refractivity contribution in [2.45, 2.75) is 77.6 Å². The van der Waals surface area contributed by atoms with E-state index in [0.29, 0.717) is 26.1 Å². The van der Waals surface area contributed by atoms with Gasteiger partial charge in [0.15, 0.2) is 11.4 Å². The second-order valence-corrected chi connectivity index (χ2v) is 9.47. The Hall–Kier alpha value is -1.20. The number of ketones is 1. The first kappa shape index (κ1) is 17.9. The molecule has 1 aliphatic heterocycles. The second kappa shape index (κ2) is 5.04. The molecular weight excluding hydrogens is 344 g/mol. The minimum Gasteiger partial charge on any atom is -0.452 e. The van der Waals surface area contributed by atoms with Crippen molar-refractivity contribution in [1.82, 2.24) is 0 Å². The number of ether oxygens (including phenoxy) is 3. The van der Waals surface area contributed by atoms with Crippen LogP contribution in [0.2, 0.25) is 0 Å². The molecule has 0 aromatic rings. The zero-order valence-corrected chi connectivity index (χ0v) is 17.0. The van der Waals surface area contributed by atoms with Crippen molar-refractivity contribution in [3.63, 3.8) is 0 Å². The highest BCUT2D eigenvalue weighted by atomic mass is 16.6. The van der Waals surface area contributed by atoms with Crippen LogP contribution in [0.5, 0.6) is 0 Å². The summed E-state index contributed by atoms with van der Waals surface area (Å²) in [5, 5.41) is 0. The summed E-state index contributed by atoms with van der Waals surface area (Å²) >= 11 is 0. The fourth-order valence-corrected chi connectivity index (χ4v) is 8.02. The number of allylic oxidation sites excluding steroid dienone is 1. The summed E-state index contributed by atoms with van der Waals surface area (Å²) in [6, 6.07) is 0. The Kier molecular flexibility index (Phi) is 3.33. The van der Waals surface area contributed by atoms with Crippen molar-refractivity contribution >= 4 is 11.8 Å². The van der Waals surface area contributed by atoms with Gasteiger partial charge >= 0.3 is 5.97 Å². The van der Waals surface area contributed by atoms with E-state index < -0.39 is 16.6 Å². The van der Waals surface area contributed by atoms with Gasteiger partial charge in [0.05, 0.1) is 6.42 Å². The first-order valence-electron chi connectivity index (χ1n) is 10.5. The first-order chi connectivity index (χ1) is 12.8. The van der Waals surface area contributed by atoms with Crippen molar-refractivity contribution in [3.8, 4) is 0 Å². The smallest absolute Gasteiger partial charge is 0.307 e. The standard InChI is InChI=1S/C22H30O5/c1-6-25-18-12(3)8-9-21(26-7-2)19(5)11-15(24)27-22(18,21)17-16-13(4)14(23)10-20(16,17)19/h12,17-18H,6-11H2,1-5H3/t12?,17?,18?,19?,20-,21+,22?/m1/s1. The third-order valence-corrected chi connectivity index (χ3v) is 8.79. The van der Waals surface area contributed by atoms with Gasteiger partial charge in [-0.1, -0.05) is 13.8 Å². The van der Waals surface area contributed by atoms with Crippen LogP contribution in [-0.2, 0) is 23.8 Å². The summed E-state index contributed by atoms with van der Waals surface area (Å²) in [6.45, 7) is 11.5. The predicted octanol–water partition coefficient (Wildman–Crippen LogP) is 3.21. The molecule has 148 valence electrons. The van der Waals surface area contributed by atoms with Crippen molar-refractivity contribution in [2.75, 3.05) is 13.2 Å². The molecule has 0 amide bonds. The molecule has 4 fully saturated rings. The Labute approximate surface area is 160 Å². The number of hydrogen-bond donors (Lipinski definition) is 0. The van der Waals surface area contributed by atoms with E-state index in [0.717, 1.165) is 18.4 Å². The Morgan fingerprint density at radius 3 is 2.59 bits per heavy atom. The summed E-state index contributed by atoms with van der Waals surface area (Å²) < 4.78 is 19.3. The van der Waals surface area contributed by atoms with Crippen LogP contribution in [0.15, 0.2) is 11.1 Å². The van der Waals surface area contributed by atoms with Crippen molar-refractivity contribution in [3.05, 3.63) is 11.1 Å². The van der Waals surface area contributed by atoms with Crippen molar-refractivity contribution in [1.29, 1.82) is 0 Å². The SMILES string of the molecule is CCOC1C(C)CC[C@@]2(OCC)C13OC(=O)CC2(C)[C@]12CC(=O)C(C)=C1C32. The molecule has 5 heteroatoms. The summed E-state index contributed by atoms with van der Waals surface area (Å²) in [4.78, 5) is 25.5. The van der Waals surface area contributed by atoms with Crippen LogP contribution in [0.4, 0.5) is 0 Å². The number of rotatable bonds is 4. The van der Waals surface area contributed by atoms with Gasteiger partial charge in [-0.2, -0.15) is 0 Å². The zero-order chi connectivity index (χ0) is 19.4. The van der Waals surface area contributed by atoms with Crippen LogP contribution in [0, 0.1) is 22.7 Å². The van der Waals surface area contributed by atoms with E-state index in [1.54, 1.807) is 0 Å². The van der Waals surface area contributed by atoms with E-state index in [-0.39, 0.29) is 35.1 Å². The number of carbonyl (C=O) groups is 2. The predicted molar refractivity (Wildman–Crippen MR) is 98.0 cm³/mol. The molecule has 4 aliphatic carbocycles. The second-order valence-electron chi connectivity index (χ2n) is 9.47. The highest BCUT2D eigenvalue weighted by Crippen LogP contribution is 2.90. The lowest BCUT2D eigenvalue weighted by atomic mass is 9.53. The van der Waals surface area contributed by atoms with Gasteiger partial charge in [-0.05, 0) is 50.7 Å². The molecule has 0 radical (unpaired) electrons. The molecule has 5 nitrogen and oxygen atoms in total. The molecular formula is C22H30O5. The topological polar surface area (TPSA) is 61.8 Å². The van der Waals surface area contributed by atoms with Crippen LogP contribution < -0.4 is 0 Å². The zero-order valence-electron chi connectivity index (χ0n) is 17.0. The lowest BCUT2D eigenvalue weighted by molar-refractivity contribution is -0.312. The van der Waals surface area contributed by atoms with Crippen LogP contribution in [0.1, 0.15) is 60.3 Å². The van der Waals surface area contributed by atoms with Crippen molar-refractivity contribution in [2.24, 2.45) is 22.7 Å². The number of Topliss-reactive ketones (excluding diaryl/α,β-unsaturated/α-hetero) is 1. The average Bonchev–Trinajstić information content (AvgIpc) is 3.18. The summed E-state index contributed by atoms with van der Waals surface area (Å²) in [5.41, 5.74) is 0.0358. The monoisotopic (exact) mass is 374 g/mol. The van der Waals surface area contributed by atoms with E-state index in [1.165, 1.54) is 5.57 Å².